The normalized spacial score (nSPS) is 8.45. The highest BCUT2D eigenvalue weighted by Crippen LogP contribution is 2.10. The van der Waals surface area contributed by atoms with E-state index in [1.165, 1.54) is 0 Å². The molecule has 0 aliphatic rings. The molecule has 0 fully saturated rings. The van der Waals surface area contributed by atoms with Crippen molar-refractivity contribution in [3.05, 3.63) is 29.0 Å². The number of rotatable bonds is 1. The molecule has 4 heteroatoms. The second-order valence-electron chi connectivity index (χ2n) is 1.75. The lowest BCUT2D eigenvalue weighted by Crippen LogP contribution is -2.13. The van der Waals surface area contributed by atoms with Gasteiger partial charge in [0, 0.05) is 6.20 Å². The van der Waals surface area contributed by atoms with Crippen LogP contribution in [0.2, 0.25) is 5.02 Å². The maximum absolute atomic E-state index is 7.01. The lowest BCUT2D eigenvalue weighted by atomic mass is 10.3. The van der Waals surface area contributed by atoms with Gasteiger partial charge < -0.3 is 5.73 Å². The summed E-state index contributed by atoms with van der Waals surface area (Å²) in [5, 5.41) is 7.42. The van der Waals surface area contributed by atoms with Gasteiger partial charge in [0.1, 0.15) is 11.5 Å². The van der Waals surface area contributed by atoms with Gasteiger partial charge in [0.05, 0.1) is 5.02 Å². The van der Waals surface area contributed by atoms with Gasteiger partial charge in [-0.05, 0) is 12.1 Å². The first-order valence-corrected chi connectivity index (χ1v) is 3.04. The predicted molar refractivity (Wildman–Crippen MR) is 47.0 cm³/mol. The molecule has 0 saturated heterocycles. The molecule has 0 saturated carbocycles. The molecule has 0 radical (unpaired) electrons. The van der Waals surface area contributed by atoms with Crippen LogP contribution in [0.15, 0.2) is 18.3 Å². The second-order valence-corrected chi connectivity index (χ2v) is 2.15. The van der Waals surface area contributed by atoms with Gasteiger partial charge in [0.2, 0.25) is 0 Å². The zero-order valence-corrected chi connectivity index (χ0v) is 5.89. The van der Waals surface area contributed by atoms with E-state index in [4.69, 9.17) is 22.7 Å². The molecule has 0 aliphatic carbocycles. The van der Waals surface area contributed by atoms with Crippen molar-refractivity contribution in [2.24, 2.45) is 5.73 Å². The SMILES string of the molecule is C.N=C(N)c1ncccc1Cl. The molecule has 0 bridgehead atoms. The van der Waals surface area contributed by atoms with Crippen LogP contribution < -0.4 is 5.73 Å². The van der Waals surface area contributed by atoms with Crippen molar-refractivity contribution in [1.29, 1.82) is 5.41 Å². The molecule has 60 valence electrons. The predicted octanol–water partition coefficient (Wildman–Crippen LogP) is 1.66. The van der Waals surface area contributed by atoms with E-state index in [1.54, 1.807) is 18.3 Å². The van der Waals surface area contributed by atoms with Crippen LogP contribution in [-0.2, 0) is 0 Å². The third-order valence-corrected chi connectivity index (χ3v) is 1.32. The first-order valence-electron chi connectivity index (χ1n) is 2.66. The van der Waals surface area contributed by atoms with Crippen molar-refractivity contribution in [3.63, 3.8) is 0 Å². The number of pyridine rings is 1. The second kappa shape index (κ2) is 3.93. The van der Waals surface area contributed by atoms with Crippen LogP contribution in [-0.4, -0.2) is 10.8 Å². The molecular weight excluding hydrogens is 162 g/mol. The molecule has 11 heavy (non-hydrogen) atoms. The van der Waals surface area contributed by atoms with Crippen molar-refractivity contribution < 1.29 is 0 Å². The lowest BCUT2D eigenvalue weighted by Gasteiger charge is -1.96. The zero-order valence-electron chi connectivity index (χ0n) is 5.13. The Bertz CT molecular complexity index is 260. The summed E-state index contributed by atoms with van der Waals surface area (Å²) in [4.78, 5) is 3.80. The van der Waals surface area contributed by atoms with Crippen molar-refractivity contribution in [2.45, 2.75) is 7.43 Å². The van der Waals surface area contributed by atoms with Crippen LogP contribution in [0.3, 0.4) is 0 Å². The number of nitrogens with two attached hydrogens (primary N) is 1. The Balaban J connectivity index is 0.000001000. The summed E-state index contributed by atoms with van der Waals surface area (Å²) in [6.07, 6.45) is 1.54. The summed E-state index contributed by atoms with van der Waals surface area (Å²) in [6, 6.07) is 3.33. The Morgan fingerprint density at radius 1 is 1.64 bits per heavy atom. The third-order valence-electron chi connectivity index (χ3n) is 1.01. The van der Waals surface area contributed by atoms with E-state index in [2.05, 4.69) is 4.98 Å². The van der Waals surface area contributed by atoms with Gasteiger partial charge in [-0.1, -0.05) is 19.0 Å². The number of hydrogen-bond acceptors (Lipinski definition) is 2. The van der Waals surface area contributed by atoms with E-state index < -0.39 is 0 Å². The van der Waals surface area contributed by atoms with Gasteiger partial charge in [-0.3, -0.25) is 10.4 Å². The third kappa shape index (κ3) is 2.20. The average molecular weight is 172 g/mol. The fourth-order valence-electron chi connectivity index (χ4n) is 0.584. The van der Waals surface area contributed by atoms with Gasteiger partial charge in [-0.2, -0.15) is 0 Å². The van der Waals surface area contributed by atoms with Crippen LogP contribution in [0.4, 0.5) is 0 Å². The molecule has 1 aromatic heterocycles. The zero-order chi connectivity index (χ0) is 7.56. The molecule has 1 heterocycles. The molecule has 3 nitrogen and oxygen atoms in total. The Labute approximate surface area is 70.7 Å². The van der Waals surface area contributed by atoms with Crippen molar-refractivity contribution in [2.75, 3.05) is 0 Å². The number of nitrogen functional groups attached to an aromatic ring is 1. The number of halogens is 1. The van der Waals surface area contributed by atoms with Crippen molar-refractivity contribution in [3.8, 4) is 0 Å². The first-order chi connectivity index (χ1) is 4.72. The smallest absolute Gasteiger partial charge is 0.143 e. The van der Waals surface area contributed by atoms with Crippen LogP contribution >= 0.6 is 11.6 Å². The molecule has 0 amide bonds. The topological polar surface area (TPSA) is 62.8 Å². The summed E-state index contributed by atoms with van der Waals surface area (Å²) in [6.45, 7) is 0. The monoisotopic (exact) mass is 171 g/mol. The Kier molecular flexibility index (Phi) is 3.54. The summed E-state index contributed by atoms with van der Waals surface area (Å²) < 4.78 is 0. The van der Waals surface area contributed by atoms with E-state index in [0.717, 1.165) is 0 Å². The summed E-state index contributed by atoms with van der Waals surface area (Å²) in [5.41, 5.74) is 5.49. The van der Waals surface area contributed by atoms with Gasteiger partial charge in [0.25, 0.3) is 0 Å². The quantitative estimate of drug-likeness (QED) is 0.499. The minimum absolute atomic E-state index is 0. The highest BCUT2D eigenvalue weighted by molar-refractivity contribution is 6.33. The maximum Gasteiger partial charge on any atom is 0.143 e. The van der Waals surface area contributed by atoms with Gasteiger partial charge in [-0.25, -0.2) is 0 Å². The number of nitrogens with zero attached hydrogens (tertiary/aromatic N) is 1. The Morgan fingerprint density at radius 2 is 2.27 bits per heavy atom. The first kappa shape index (κ1) is 9.91. The highest BCUT2D eigenvalue weighted by Gasteiger charge is 2.01. The van der Waals surface area contributed by atoms with E-state index in [0.29, 0.717) is 10.7 Å². The molecule has 1 rings (SSSR count). The average Bonchev–Trinajstić information content (AvgIpc) is 1.88. The molecule has 0 aliphatic heterocycles. The fourth-order valence-corrected chi connectivity index (χ4v) is 0.807. The molecule has 0 atom stereocenters. The summed E-state index contributed by atoms with van der Waals surface area (Å²) >= 11 is 5.64. The molecule has 1 aromatic rings. The van der Waals surface area contributed by atoms with Crippen LogP contribution in [0, 0.1) is 5.41 Å². The van der Waals surface area contributed by atoms with E-state index in [9.17, 15) is 0 Å². The summed E-state index contributed by atoms with van der Waals surface area (Å²) in [5.74, 6) is -0.106. The van der Waals surface area contributed by atoms with Crippen LogP contribution in [0.5, 0.6) is 0 Å². The molecular formula is C7H10ClN3. The van der Waals surface area contributed by atoms with E-state index in [-0.39, 0.29) is 13.3 Å². The Hall–Kier alpha value is -1.09. The van der Waals surface area contributed by atoms with Crippen LogP contribution in [0.25, 0.3) is 0 Å². The lowest BCUT2D eigenvalue weighted by molar-refractivity contribution is 1.26. The molecule has 0 unspecified atom stereocenters. The van der Waals surface area contributed by atoms with E-state index >= 15 is 0 Å². The fraction of sp³-hybridized carbons (Fsp3) is 0.143. The standard InChI is InChI=1S/C6H6ClN3.CH4/c7-4-2-1-3-10-5(4)6(8)9;/h1-3H,(H3,8,9);1H4. The minimum atomic E-state index is -0.106. The molecule has 3 N–H and O–H groups in total. The van der Waals surface area contributed by atoms with Crippen LogP contribution in [0.1, 0.15) is 13.1 Å². The van der Waals surface area contributed by atoms with Gasteiger partial charge in [-0.15, -0.1) is 0 Å². The minimum Gasteiger partial charge on any atom is -0.382 e. The highest BCUT2D eigenvalue weighted by atomic mass is 35.5. The van der Waals surface area contributed by atoms with Gasteiger partial charge in [0.15, 0.2) is 0 Å². The number of aromatic nitrogens is 1. The maximum atomic E-state index is 7.01. The molecule has 0 aromatic carbocycles. The van der Waals surface area contributed by atoms with E-state index in [1.807, 2.05) is 0 Å². The number of amidine groups is 1. The molecule has 0 spiro atoms. The summed E-state index contributed by atoms with van der Waals surface area (Å²) in [7, 11) is 0. The Morgan fingerprint density at radius 3 is 2.64 bits per heavy atom. The van der Waals surface area contributed by atoms with Crippen molar-refractivity contribution in [1.82, 2.24) is 4.98 Å². The van der Waals surface area contributed by atoms with Crippen molar-refractivity contribution >= 4 is 17.4 Å². The van der Waals surface area contributed by atoms with Gasteiger partial charge >= 0.3 is 0 Å². The number of nitrogens with one attached hydrogen (secondary N) is 1. The largest absolute Gasteiger partial charge is 0.382 e. The number of hydrogen-bond donors (Lipinski definition) is 2.